The van der Waals surface area contributed by atoms with Crippen LogP contribution in [0.4, 0.5) is 5.69 Å². The van der Waals surface area contributed by atoms with Crippen LogP contribution in [-0.2, 0) is 10.5 Å². The van der Waals surface area contributed by atoms with E-state index in [4.69, 9.17) is 40.5 Å². The zero-order valence-corrected chi connectivity index (χ0v) is 24.6. The molecule has 2 aliphatic rings. The summed E-state index contributed by atoms with van der Waals surface area (Å²) in [6.07, 6.45) is 1.77. The molecule has 0 aromatic heterocycles. The Hall–Kier alpha value is -2.88. The molecule has 0 bridgehead atoms. The highest BCUT2D eigenvalue weighted by Gasteiger charge is 2.41. The highest BCUT2D eigenvalue weighted by atomic mass is 35.5. The van der Waals surface area contributed by atoms with E-state index in [2.05, 4.69) is 25.1 Å². The third-order valence-corrected chi connectivity index (χ3v) is 9.45. The lowest BCUT2D eigenvalue weighted by Crippen LogP contribution is -2.39. The molecular weight excluding hydrogens is 569 g/mol. The van der Waals surface area contributed by atoms with Crippen molar-refractivity contribution in [2.24, 2.45) is 5.73 Å². The van der Waals surface area contributed by atoms with Crippen LogP contribution in [0, 0.1) is 25.2 Å². The van der Waals surface area contributed by atoms with Crippen LogP contribution >= 0.6 is 46.6 Å². The van der Waals surface area contributed by atoms with Gasteiger partial charge in [0.15, 0.2) is 5.78 Å². The van der Waals surface area contributed by atoms with Crippen LogP contribution in [0.15, 0.2) is 82.2 Å². The Balaban J connectivity index is 1.64. The molecule has 8 heteroatoms. The normalized spacial score (nSPS) is 17.4. The molecule has 0 saturated carbocycles. The van der Waals surface area contributed by atoms with Gasteiger partial charge in [0.1, 0.15) is 5.82 Å². The van der Waals surface area contributed by atoms with Crippen molar-refractivity contribution in [3.8, 4) is 6.07 Å². The molecule has 1 aliphatic carbocycles. The largest absolute Gasteiger partial charge is 0.384 e. The maximum absolute atomic E-state index is 13.6. The highest BCUT2D eigenvalue weighted by Crippen LogP contribution is 2.49. The number of nitrogens with zero attached hydrogens (tertiary/aromatic N) is 2. The molecule has 1 aliphatic heterocycles. The second kappa shape index (κ2) is 11.3. The number of ketones is 1. The fourth-order valence-electron chi connectivity index (χ4n) is 5.41. The van der Waals surface area contributed by atoms with E-state index < -0.39 is 5.92 Å². The second-order valence-electron chi connectivity index (χ2n) is 9.77. The number of hydrogen-bond donors (Lipinski definition) is 1. The summed E-state index contributed by atoms with van der Waals surface area (Å²) in [6, 6.07) is 19.7. The number of benzene rings is 3. The van der Waals surface area contributed by atoms with Gasteiger partial charge in [-0.3, -0.25) is 9.69 Å². The minimum atomic E-state index is -0.549. The van der Waals surface area contributed by atoms with Crippen LogP contribution in [0.2, 0.25) is 15.1 Å². The van der Waals surface area contributed by atoms with Gasteiger partial charge in [-0.2, -0.15) is 5.26 Å². The van der Waals surface area contributed by atoms with Gasteiger partial charge in [-0.1, -0.05) is 53.0 Å². The Morgan fingerprint density at radius 1 is 1.05 bits per heavy atom. The molecule has 198 valence electrons. The quantitative estimate of drug-likeness (QED) is 0.299. The van der Waals surface area contributed by atoms with E-state index in [1.807, 2.05) is 37.3 Å². The summed E-state index contributed by atoms with van der Waals surface area (Å²) in [4.78, 5) is 16.5. The van der Waals surface area contributed by atoms with Crippen LogP contribution in [0.1, 0.15) is 47.4 Å². The standard InChI is InChI=1S/C31H26Cl3N3OS/c1-17-13-18(2)22(14-19(17)16-39-21-11-9-20(32)10-12-21)28-23(15-35)31(36)37(25-6-4-8-27(38)29(25)28)26-7-3-5-24(33)30(26)34/h3,5,7,9-14,28H,4,6,8,16,36H2,1-2H3. The number of thioether (sulfide) groups is 1. The summed E-state index contributed by atoms with van der Waals surface area (Å²) in [7, 11) is 0. The van der Waals surface area contributed by atoms with E-state index in [9.17, 15) is 10.1 Å². The zero-order valence-electron chi connectivity index (χ0n) is 21.5. The highest BCUT2D eigenvalue weighted by molar-refractivity contribution is 7.98. The fourth-order valence-corrected chi connectivity index (χ4v) is 6.88. The number of rotatable bonds is 5. The molecule has 0 spiro atoms. The summed E-state index contributed by atoms with van der Waals surface area (Å²) >= 11 is 20.7. The molecule has 3 aromatic rings. The Kier molecular flexibility index (Phi) is 8.03. The Labute approximate surface area is 248 Å². The van der Waals surface area contributed by atoms with Crippen molar-refractivity contribution in [1.82, 2.24) is 0 Å². The number of halogens is 3. The first-order valence-corrected chi connectivity index (χ1v) is 14.7. The predicted octanol–water partition coefficient (Wildman–Crippen LogP) is 8.86. The topological polar surface area (TPSA) is 70.1 Å². The van der Waals surface area contributed by atoms with Crippen molar-refractivity contribution in [2.75, 3.05) is 4.90 Å². The third-order valence-electron chi connectivity index (χ3n) is 7.33. The Bertz CT molecular complexity index is 1590. The van der Waals surface area contributed by atoms with Gasteiger partial charge in [0, 0.05) is 33.4 Å². The molecule has 1 heterocycles. The lowest BCUT2D eigenvalue weighted by molar-refractivity contribution is -0.116. The van der Waals surface area contributed by atoms with Crippen molar-refractivity contribution in [3.05, 3.63) is 115 Å². The molecule has 1 unspecified atom stereocenters. The maximum atomic E-state index is 13.6. The summed E-state index contributed by atoms with van der Waals surface area (Å²) in [5, 5.41) is 11.8. The number of carbonyl (C=O) groups excluding carboxylic acids is 1. The summed E-state index contributed by atoms with van der Waals surface area (Å²) in [5.41, 5.74) is 13.3. The molecule has 5 rings (SSSR count). The van der Waals surface area contributed by atoms with Crippen LogP contribution in [-0.4, -0.2) is 5.78 Å². The number of aryl methyl sites for hydroxylation is 2. The lowest BCUT2D eigenvalue weighted by atomic mass is 9.74. The van der Waals surface area contributed by atoms with Crippen molar-refractivity contribution >= 4 is 58.0 Å². The molecule has 0 fully saturated rings. The molecule has 3 aromatic carbocycles. The number of Topliss-reactive ketones (excluding diaryl/α,β-unsaturated/α-hetero) is 1. The molecule has 0 radical (unpaired) electrons. The van der Waals surface area contributed by atoms with Crippen molar-refractivity contribution in [3.63, 3.8) is 0 Å². The average molecular weight is 595 g/mol. The predicted molar refractivity (Wildman–Crippen MR) is 161 cm³/mol. The van der Waals surface area contributed by atoms with E-state index in [1.54, 1.807) is 28.8 Å². The van der Waals surface area contributed by atoms with Crippen molar-refractivity contribution in [2.45, 2.75) is 49.7 Å². The van der Waals surface area contributed by atoms with Gasteiger partial charge >= 0.3 is 0 Å². The molecule has 1 atom stereocenters. The summed E-state index contributed by atoms with van der Waals surface area (Å²) < 4.78 is 0. The van der Waals surface area contributed by atoms with Crippen LogP contribution < -0.4 is 10.6 Å². The van der Waals surface area contributed by atoms with Gasteiger partial charge in [-0.15, -0.1) is 11.8 Å². The van der Waals surface area contributed by atoms with Gasteiger partial charge in [0.2, 0.25) is 0 Å². The Morgan fingerprint density at radius 3 is 2.51 bits per heavy atom. The van der Waals surface area contributed by atoms with Crippen LogP contribution in [0.3, 0.4) is 0 Å². The van der Waals surface area contributed by atoms with E-state index in [-0.39, 0.29) is 11.6 Å². The second-order valence-corrected chi connectivity index (χ2v) is 12.0. The van der Waals surface area contributed by atoms with Crippen LogP contribution in [0.5, 0.6) is 0 Å². The van der Waals surface area contributed by atoms with E-state index >= 15 is 0 Å². The van der Waals surface area contributed by atoms with Crippen molar-refractivity contribution < 1.29 is 4.79 Å². The summed E-state index contributed by atoms with van der Waals surface area (Å²) in [6.45, 7) is 4.11. The fraction of sp³-hybridized carbons (Fsp3) is 0.226. The lowest BCUT2D eigenvalue weighted by Gasteiger charge is -2.40. The van der Waals surface area contributed by atoms with Gasteiger partial charge in [-0.25, -0.2) is 0 Å². The first kappa shape index (κ1) is 27.7. The molecular formula is C31H26Cl3N3OS. The van der Waals surface area contributed by atoms with E-state index in [1.165, 1.54) is 0 Å². The van der Waals surface area contributed by atoms with Gasteiger partial charge in [0.25, 0.3) is 0 Å². The minimum Gasteiger partial charge on any atom is -0.384 e. The Morgan fingerprint density at radius 2 is 1.79 bits per heavy atom. The number of carbonyl (C=O) groups is 1. The number of anilines is 1. The van der Waals surface area contributed by atoms with Crippen LogP contribution in [0.25, 0.3) is 0 Å². The molecule has 2 N–H and O–H groups in total. The molecule has 0 amide bonds. The SMILES string of the molecule is Cc1cc(C)c(C2C(C#N)=C(N)N(c3cccc(Cl)c3Cl)C3=C2C(=O)CCC3)cc1CSc1ccc(Cl)cc1. The molecule has 0 saturated heterocycles. The number of nitriles is 1. The molecule has 4 nitrogen and oxygen atoms in total. The average Bonchev–Trinajstić information content (AvgIpc) is 2.91. The van der Waals surface area contributed by atoms with E-state index in [0.29, 0.717) is 51.2 Å². The van der Waals surface area contributed by atoms with Crippen molar-refractivity contribution in [1.29, 1.82) is 5.26 Å². The number of nitrogens with two attached hydrogens (primary N) is 1. The monoisotopic (exact) mass is 593 g/mol. The van der Waals surface area contributed by atoms with Gasteiger partial charge < -0.3 is 5.73 Å². The minimum absolute atomic E-state index is 0.0294. The molecule has 39 heavy (non-hydrogen) atoms. The van der Waals surface area contributed by atoms with Gasteiger partial charge in [0.05, 0.1) is 33.3 Å². The first-order valence-electron chi connectivity index (χ1n) is 12.6. The first-order chi connectivity index (χ1) is 18.7. The third kappa shape index (κ3) is 5.19. The van der Waals surface area contributed by atoms with E-state index in [0.717, 1.165) is 38.6 Å². The van der Waals surface area contributed by atoms with Gasteiger partial charge in [-0.05, 0) is 85.3 Å². The maximum Gasteiger partial charge on any atom is 0.161 e. The number of hydrogen-bond acceptors (Lipinski definition) is 5. The zero-order chi connectivity index (χ0) is 27.8. The number of allylic oxidation sites excluding steroid dienone is 3. The summed E-state index contributed by atoms with van der Waals surface area (Å²) in [5.74, 6) is 0.490. The smallest absolute Gasteiger partial charge is 0.161 e.